The molecule has 2 bridgehead atoms. The Bertz CT molecular complexity index is 634. The Hall–Kier alpha value is -2.10. The van der Waals surface area contributed by atoms with Crippen molar-refractivity contribution in [1.29, 1.82) is 0 Å². The molecule has 1 heterocycles. The number of imide groups is 1. The van der Waals surface area contributed by atoms with Crippen LogP contribution in [0.25, 0.3) is 0 Å². The summed E-state index contributed by atoms with van der Waals surface area (Å²) in [5.41, 5.74) is 1.24. The van der Waals surface area contributed by atoms with E-state index in [1.54, 1.807) is 12.1 Å². The molecule has 4 heteroatoms. The zero-order chi connectivity index (χ0) is 14.0. The number of anilines is 1. The van der Waals surface area contributed by atoms with Gasteiger partial charge in [-0.05, 0) is 42.9 Å². The van der Waals surface area contributed by atoms with Crippen LogP contribution in [-0.4, -0.2) is 16.9 Å². The van der Waals surface area contributed by atoms with E-state index in [1.807, 2.05) is 6.92 Å². The van der Waals surface area contributed by atoms with Gasteiger partial charge in [0.1, 0.15) is 5.75 Å². The summed E-state index contributed by atoms with van der Waals surface area (Å²) in [5, 5.41) is 9.98. The van der Waals surface area contributed by atoms with Crippen LogP contribution in [-0.2, 0) is 9.59 Å². The number of aryl methyl sites for hydroxylation is 1. The number of amides is 2. The third kappa shape index (κ3) is 1.31. The molecule has 0 radical (unpaired) electrons. The first-order valence-electron chi connectivity index (χ1n) is 6.93. The Kier molecular flexibility index (Phi) is 2.18. The molecular formula is C16H15NO3. The molecule has 0 spiro atoms. The van der Waals surface area contributed by atoms with E-state index in [2.05, 4.69) is 12.2 Å². The molecule has 4 unspecified atom stereocenters. The molecule has 4 rings (SSSR count). The van der Waals surface area contributed by atoms with E-state index in [-0.39, 0.29) is 41.2 Å². The Balaban J connectivity index is 1.80. The number of allylic oxidation sites excluding steroid dienone is 2. The largest absolute Gasteiger partial charge is 0.506 e. The topological polar surface area (TPSA) is 57.6 Å². The van der Waals surface area contributed by atoms with Gasteiger partial charge < -0.3 is 5.11 Å². The van der Waals surface area contributed by atoms with E-state index in [9.17, 15) is 14.7 Å². The van der Waals surface area contributed by atoms with Crippen molar-refractivity contribution in [1.82, 2.24) is 0 Å². The molecule has 20 heavy (non-hydrogen) atoms. The van der Waals surface area contributed by atoms with Gasteiger partial charge in [-0.3, -0.25) is 9.59 Å². The number of nitrogens with zero attached hydrogens (tertiary/aromatic N) is 1. The fourth-order valence-corrected chi connectivity index (χ4v) is 3.95. The average Bonchev–Trinajstić information content (AvgIpc) is 3.08. The van der Waals surface area contributed by atoms with Gasteiger partial charge in [-0.15, -0.1) is 0 Å². The molecule has 4 nitrogen and oxygen atoms in total. The van der Waals surface area contributed by atoms with Gasteiger partial charge >= 0.3 is 0 Å². The number of carbonyl (C=O) groups excluding carboxylic acids is 2. The van der Waals surface area contributed by atoms with Crippen molar-refractivity contribution in [2.45, 2.75) is 13.3 Å². The summed E-state index contributed by atoms with van der Waals surface area (Å²) in [6.45, 7) is 1.88. The van der Waals surface area contributed by atoms with E-state index in [4.69, 9.17) is 0 Å². The first-order valence-corrected chi connectivity index (χ1v) is 6.93. The highest BCUT2D eigenvalue weighted by Crippen LogP contribution is 2.53. The Morgan fingerprint density at radius 1 is 1.10 bits per heavy atom. The summed E-state index contributed by atoms with van der Waals surface area (Å²) >= 11 is 0. The van der Waals surface area contributed by atoms with Crippen LogP contribution in [0.4, 0.5) is 5.69 Å². The van der Waals surface area contributed by atoms with Crippen LogP contribution in [0.5, 0.6) is 5.75 Å². The van der Waals surface area contributed by atoms with Crippen LogP contribution < -0.4 is 4.90 Å². The molecule has 2 amide bonds. The number of phenols is 1. The highest BCUT2D eigenvalue weighted by molar-refractivity contribution is 6.23. The number of fused-ring (bicyclic) bond motifs is 5. The van der Waals surface area contributed by atoms with Crippen LogP contribution in [0.2, 0.25) is 0 Å². The van der Waals surface area contributed by atoms with E-state index in [0.717, 1.165) is 12.0 Å². The zero-order valence-corrected chi connectivity index (χ0v) is 11.1. The third-order valence-electron chi connectivity index (χ3n) is 4.84. The highest BCUT2D eigenvalue weighted by atomic mass is 16.3. The molecule has 1 saturated carbocycles. The molecule has 0 aromatic heterocycles. The van der Waals surface area contributed by atoms with Crippen molar-refractivity contribution in [3.05, 3.63) is 35.9 Å². The minimum absolute atomic E-state index is 0.0161. The number of hydrogen-bond acceptors (Lipinski definition) is 3. The van der Waals surface area contributed by atoms with Gasteiger partial charge in [-0.1, -0.05) is 18.2 Å². The molecule has 2 aliphatic carbocycles. The second-order valence-corrected chi connectivity index (χ2v) is 6.00. The van der Waals surface area contributed by atoms with Gasteiger partial charge in [-0.2, -0.15) is 0 Å². The maximum atomic E-state index is 12.6. The Labute approximate surface area is 116 Å². The molecule has 1 N–H and O–H groups in total. The van der Waals surface area contributed by atoms with Crippen LogP contribution in [0.15, 0.2) is 30.4 Å². The van der Waals surface area contributed by atoms with Gasteiger partial charge in [0.25, 0.3) is 0 Å². The minimum Gasteiger partial charge on any atom is -0.506 e. The van der Waals surface area contributed by atoms with E-state index in [0.29, 0.717) is 5.69 Å². The smallest absolute Gasteiger partial charge is 0.238 e. The van der Waals surface area contributed by atoms with Crippen LogP contribution in [0.1, 0.15) is 12.0 Å². The van der Waals surface area contributed by atoms with Crippen molar-refractivity contribution in [3.8, 4) is 5.75 Å². The first kappa shape index (κ1) is 11.7. The summed E-state index contributed by atoms with van der Waals surface area (Å²) in [4.78, 5) is 26.4. The number of hydrogen-bond donors (Lipinski definition) is 1. The maximum Gasteiger partial charge on any atom is 0.238 e. The molecular weight excluding hydrogens is 254 g/mol. The number of benzene rings is 1. The quantitative estimate of drug-likeness (QED) is 0.626. The minimum atomic E-state index is -0.225. The van der Waals surface area contributed by atoms with Crippen LogP contribution in [0.3, 0.4) is 0 Å². The first-order chi connectivity index (χ1) is 9.58. The normalized spacial score (nSPS) is 34.1. The predicted molar refractivity (Wildman–Crippen MR) is 73.1 cm³/mol. The van der Waals surface area contributed by atoms with Gasteiger partial charge in [0.05, 0.1) is 17.5 Å². The maximum absolute atomic E-state index is 12.6. The lowest BCUT2D eigenvalue weighted by Gasteiger charge is -2.18. The predicted octanol–water partition coefficient (Wildman–Crippen LogP) is 2.01. The summed E-state index contributed by atoms with van der Waals surface area (Å²) in [5.74, 6) is -0.389. The van der Waals surface area contributed by atoms with Crippen molar-refractivity contribution in [2.75, 3.05) is 4.90 Å². The standard InChI is InChI=1S/C16H15NO3/c1-8-2-5-12(18)11(6-8)17-15(19)13-9-3-4-10(7-9)14(13)16(17)20/h2-6,9-10,13-14,18H,7H2,1H3. The monoisotopic (exact) mass is 269 g/mol. The summed E-state index contributed by atoms with van der Waals surface area (Å²) in [7, 11) is 0. The second kappa shape index (κ2) is 3.72. The fraction of sp³-hybridized carbons (Fsp3) is 0.375. The highest BCUT2D eigenvalue weighted by Gasteiger charge is 2.59. The molecule has 1 aromatic carbocycles. The lowest BCUT2D eigenvalue weighted by atomic mass is 9.85. The summed E-state index contributed by atoms with van der Waals surface area (Å²) in [6.07, 6.45) is 5.05. The number of carbonyl (C=O) groups is 2. The molecule has 2 fully saturated rings. The summed E-state index contributed by atoms with van der Waals surface area (Å²) in [6, 6.07) is 4.99. The van der Waals surface area contributed by atoms with Crippen LogP contribution >= 0.6 is 0 Å². The van der Waals surface area contributed by atoms with Crippen molar-refractivity contribution in [3.63, 3.8) is 0 Å². The van der Waals surface area contributed by atoms with Crippen LogP contribution in [0, 0.1) is 30.6 Å². The lowest BCUT2D eigenvalue weighted by molar-refractivity contribution is -0.123. The van der Waals surface area contributed by atoms with Crippen molar-refractivity contribution < 1.29 is 14.7 Å². The SMILES string of the molecule is Cc1ccc(O)c(N2C(=O)C3C4C=CC(C4)C3C2=O)c1. The Morgan fingerprint density at radius 2 is 1.70 bits per heavy atom. The van der Waals surface area contributed by atoms with E-state index in [1.165, 1.54) is 11.0 Å². The van der Waals surface area contributed by atoms with Gasteiger partial charge in [-0.25, -0.2) is 4.90 Å². The second-order valence-electron chi connectivity index (χ2n) is 6.00. The number of rotatable bonds is 1. The Morgan fingerprint density at radius 3 is 2.30 bits per heavy atom. The van der Waals surface area contributed by atoms with Crippen molar-refractivity contribution in [2.24, 2.45) is 23.7 Å². The van der Waals surface area contributed by atoms with Gasteiger partial charge in [0, 0.05) is 0 Å². The molecule has 1 aliphatic heterocycles. The lowest BCUT2D eigenvalue weighted by Crippen LogP contribution is -2.32. The average molecular weight is 269 g/mol. The van der Waals surface area contributed by atoms with E-state index < -0.39 is 0 Å². The van der Waals surface area contributed by atoms with Crippen molar-refractivity contribution >= 4 is 17.5 Å². The third-order valence-corrected chi connectivity index (χ3v) is 4.84. The molecule has 102 valence electrons. The van der Waals surface area contributed by atoms with Gasteiger partial charge in [0.2, 0.25) is 11.8 Å². The zero-order valence-electron chi connectivity index (χ0n) is 11.1. The summed E-state index contributed by atoms with van der Waals surface area (Å²) < 4.78 is 0. The van der Waals surface area contributed by atoms with Gasteiger partial charge in [0.15, 0.2) is 0 Å². The van der Waals surface area contributed by atoms with E-state index >= 15 is 0 Å². The number of aromatic hydroxyl groups is 1. The molecule has 4 atom stereocenters. The number of phenolic OH excluding ortho intramolecular Hbond substituents is 1. The molecule has 1 aromatic rings. The molecule has 3 aliphatic rings. The molecule has 1 saturated heterocycles. The fourth-order valence-electron chi connectivity index (χ4n) is 3.95.